The van der Waals surface area contributed by atoms with Gasteiger partial charge in [-0.2, -0.15) is 10.1 Å². The fraction of sp³-hybridized carbons (Fsp3) is 0.750. The molecule has 1 aliphatic heterocycles. The minimum atomic E-state index is 0.628. The zero-order valence-corrected chi connectivity index (χ0v) is 6.90. The first-order valence-electron chi connectivity index (χ1n) is 4.58. The lowest BCUT2D eigenvalue weighted by Gasteiger charge is -2.23. The summed E-state index contributed by atoms with van der Waals surface area (Å²) in [6.07, 6.45) is 5.61. The molecule has 1 atom stereocenters. The van der Waals surface area contributed by atoms with Gasteiger partial charge in [0.05, 0.1) is 6.04 Å². The SMILES string of the molecule is c1nc2n(n1)C(C1CC1)CCN2. The summed E-state index contributed by atoms with van der Waals surface area (Å²) in [7, 11) is 0. The van der Waals surface area contributed by atoms with Gasteiger partial charge in [-0.1, -0.05) is 0 Å². The lowest BCUT2D eigenvalue weighted by molar-refractivity contribution is 0.374. The van der Waals surface area contributed by atoms with Crippen LogP contribution in [-0.4, -0.2) is 21.3 Å². The van der Waals surface area contributed by atoms with E-state index in [9.17, 15) is 0 Å². The molecule has 1 aliphatic carbocycles. The van der Waals surface area contributed by atoms with Gasteiger partial charge in [0.25, 0.3) is 0 Å². The molecule has 0 saturated heterocycles. The van der Waals surface area contributed by atoms with E-state index in [1.807, 2.05) is 0 Å². The van der Waals surface area contributed by atoms with Gasteiger partial charge in [-0.05, 0) is 25.2 Å². The maximum absolute atomic E-state index is 4.24. The molecule has 2 aliphatic rings. The minimum absolute atomic E-state index is 0.628. The first kappa shape index (κ1) is 6.46. The number of aromatic nitrogens is 3. The van der Waals surface area contributed by atoms with Crippen LogP contribution in [0, 0.1) is 5.92 Å². The molecular weight excluding hydrogens is 152 g/mol. The first-order chi connectivity index (χ1) is 5.95. The van der Waals surface area contributed by atoms with E-state index in [1.165, 1.54) is 19.3 Å². The van der Waals surface area contributed by atoms with Crippen molar-refractivity contribution in [1.82, 2.24) is 14.8 Å². The predicted octanol–water partition coefficient (Wildman–Crippen LogP) is 1.04. The maximum Gasteiger partial charge on any atom is 0.221 e. The van der Waals surface area contributed by atoms with Crippen molar-refractivity contribution in [1.29, 1.82) is 0 Å². The second-order valence-corrected chi connectivity index (χ2v) is 3.65. The Morgan fingerprint density at radius 3 is 3.17 bits per heavy atom. The minimum Gasteiger partial charge on any atom is -0.354 e. The highest BCUT2D eigenvalue weighted by molar-refractivity contribution is 5.26. The number of nitrogens with one attached hydrogen (secondary N) is 1. The second kappa shape index (κ2) is 2.21. The van der Waals surface area contributed by atoms with Crippen molar-refractivity contribution >= 4 is 5.95 Å². The number of anilines is 1. The van der Waals surface area contributed by atoms with E-state index < -0.39 is 0 Å². The van der Waals surface area contributed by atoms with Crippen molar-refractivity contribution in [3.8, 4) is 0 Å². The van der Waals surface area contributed by atoms with Gasteiger partial charge in [-0.25, -0.2) is 4.68 Å². The Morgan fingerprint density at radius 2 is 2.33 bits per heavy atom. The highest BCUT2D eigenvalue weighted by atomic mass is 15.4. The van der Waals surface area contributed by atoms with E-state index in [0.29, 0.717) is 6.04 Å². The van der Waals surface area contributed by atoms with Crippen LogP contribution in [0.4, 0.5) is 5.95 Å². The fourth-order valence-corrected chi connectivity index (χ4v) is 1.99. The average Bonchev–Trinajstić information content (AvgIpc) is 2.82. The van der Waals surface area contributed by atoms with Crippen molar-refractivity contribution in [2.24, 2.45) is 5.92 Å². The Bertz CT molecular complexity index is 289. The van der Waals surface area contributed by atoms with Crippen molar-refractivity contribution in [3.05, 3.63) is 6.33 Å². The van der Waals surface area contributed by atoms with Crippen LogP contribution in [0.5, 0.6) is 0 Å². The molecule has 0 spiro atoms. The molecule has 1 aromatic rings. The summed E-state index contributed by atoms with van der Waals surface area (Å²) in [5, 5.41) is 7.49. The Kier molecular flexibility index (Phi) is 1.19. The molecule has 12 heavy (non-hydrogen) atoms. The largest absolute Gasteiger partial charge is 0.354 e. The molecule has 0 amide bonds. The standard InChI is InChI=1S/C8H12N4/c1-2-6(1)7-3-4-9-8-10-5-11-12(7)8/h5-7H,1-4H2,(H,9,10,11). The summed E-state index contributed by atoms with van der Waals surface area (Å²) in [6.45, 7) is 1.06. The number of hydrogen-bond acceptors (Lipinski definition) is 3. The summed E-state index contributed by atoms with van der Waals surface area (Å²) in [6, 6.07) is 0.628. The summed E-state index contributed by atoms with van der Waals surface area (Å²) in [5.74, 6) is 1.84. The van der Waals surface area contributed by atoms with E-state index in [2.05, 4.69) is 20.1 Å². The van der Waals surface area contributed by atoms with Crippen LogP contribution >= 0.6 is 0 Å². The van der Waals surface area contributed by atoms with Crippen LogP contribution in [-0.2, 0) is 0 Å². The van der Waals surface area contributed by atoms with Gasteiger partial charge in [0, 0.05) is 6.54 Å². The molecule has 1 aromatic heterocycles. The van der Waals surface area contributed by atoms with Gasteiger partial charge in [0.1, 0.15) is 6.33 Å². The summed E-state index contributed by atoms with van der Waals surface area (Å²) in [4.78, 5) is 4.16. The van der Waals surface area contributed by atoms with Crippen LogP contribution in [0.1, 0.15) is 25.3 Å². The van der Waals surface area contributed by atoms with Crippen molar-refractivity contribution in [3.63, 3.8) is 0 Å². The first-order valence-corrected chi connectivity index (χ1v) is 4.58. The van der Waals surface area contributed by atoms with E-state index in [4.69, 9.17) is 0 Å². The molecule has 0 bridgehead atoms. The quantitative estimate of drug-likeness (QED) is 0.674. The van der Waals surface area contributed by atoms with Crippen LogP contribution in [0.2, 0.25) is 0 Å². The summed E-state index contributed by atoms with van der Waals surface area (Å²) < 4.78 is 2.06. The Labute approximate surface area is 71.0 Å². The molecule has 0 aromatic carbocycles. The number of fused-ring (bicyclic) bond motifs is 1. The highest BCUT2D eigenvalue weighted by Crippen LogP contribution is 2.43. The average molecular weight is 164 g/mol. The summed E-state index contributed by atoms with van der Waals surface area (Å²) >= 11 is 0. The molecular formula is C8H12N4. The highest BCUT2D eigenvalue weighted by Gasteiger charge is 2.35. The molecule has 3 rings (SSSR count). The molecule has 1 saturated carbocycles. The maximum atomic E-state index is 4.24. The summed E-state index contributed by atoms with van der Waals surface area (Å²) in [5.41, 5.74) is 0. The van der Waals surface area contributed by atoms with Crippen LogP contribution in [0.3, 0.4) is 0 Å². The topological polar surface area (TPSA) is 42.7 Å². The Balaban J connectivity index is 1.97. The van der Waals surface area contributed by atoms with E-state index in [1.54, 1.807) is 6.33 Å². The molecule has 1 N–H and O–H groups in total. The monoisotopic (exact) mass is 164 g/mol. The fourth-order valence-electron chi connectivity index (χ4n) is 1.99. The van der Waals surface area contributed by atoms with Crippen LogP contribution < -0.4 is 5.32 Å². The smallest absolute Gasteiger partial charge is 0.221 e. The third kappa shape index (κ3) is 0.838. The van der Waals surface area contributed by atoms with Gasteiger partial charge in [-0.15, -0.1) is 0 Å². The second-order valence-electron chi connectivity index (χ2n) is 3.65. The third-order valence-corrected chi connectivity index (χ3v) is 2.78. The number of rotatable bonds is 1. The van der Waals surface area contributed by atoms with Gasteiger partial charge < -0.3 is 5.32 Å². The number of nitrogens with zero attached hydrogens (tertiary/aromatic N) is 3. The Hall–Kier alpha value is -1.06. The normalized spacial score (nSPS) is 27.8. The zero-order valence-electron chi connectivity index (χ0n) is 6.90. The van der Waals surface area contributed by atoms with Gasteiger partial charge in [0.15, 0.2) is 0 Å². The molecule has 1 unspecified atom stereocenters. The molecule has 4 nitrogen and oxygen atoms in total. The van der Waals surface area contributed by atoms with Gasteiger partial charge in [0.2, 0.25) is 5.95 Å². The molecule has 0 radical (unpaired) electrons. The van der Waals surface area contributed by atoms with Crippen molar-refractivity contribution in [2.75, 3.05) is 11.9 Å². The van der Waals surface area contributed by atoms with Crippen molar-refractivity contribution < 1.29 is 0 Å². The lowest BCUT2D eigenvalue weighted by Crippen LogP contribution is -2.25. The van der Waals surface area contributed by atoms with Crippen LogP contribution in [0.25, 0.3) is 0 Å². The van der Waals surface area contributed by atoms with Gasteiger partial charge in [-0.3, -0.25) is 0 Å². The lowest BCUT2D eigenvalue weighted by atomic mass is 10.1. The van der Waals surface area contributed by atoms with E-state index in [0.717, 1.165) is 18.4 Å². The molecule has 2 heterocycles. The molecule has 4 heteroatoms. The zero-order chi connectivity index (χ0) is 7.97. The molecule has 64 valence electrons. The van der Waals surface area contributed by atoms with Crippen LogP contribution in [0.15, 0.2) is 6.33 Å². The van der Waals surface area contributed by atoms with Crippen molar-refractivity contribution in [2.45, 2.75) is 25.3 Å². The Morgan fingerprint density at radius 1 is 1.42 bits per heavy atom. The van der Waals surface area contributed by atoms with E-state index in [-0.39, 0.29) is 0 Å². The molecule has 1 fully saturated rings. The predicted molar refractivity (Wildman–Crippen MR) is 44.9 cm³/mol. The van der Waals surface area contributed by atoms with E-state index >= 15 is 0 Å². The number of hydrogen-bond donors (Lipinski definition) is 1. The third-order valence-electron chi connectivity index (χ3n) is 2.78. The van der Waals surface area contributed by atoms with Gasteiger partial charge >= 0.3 is 0 Å².